The van der Waals surface area contributed by atoms with Crippen LogP contribution in [0, 0.1) is 27.7 Å². The van der Waals surface area contributed by atoms with Gasteiger partial charge in [-0.25, -0.2) is 4.57 Å². The number of para-hydroxylation sites is 1. The lowest BCUT2D eigenvalue weighted by atomic mass is 9.96. The van der Waals surface area contributed by atoms with Crippen molar-refractivity contribution in [3.05, 3.63) is 131 Å². The first-order valence-corrected chi connectivity index (χ1v) is 11.9. The Balaban J connectivity index is 1.85. The van der Waals surface area contributed by atoms with Crippen LogP contribution < -0.4 is 4.57 Å². The number of benzene rings is 4. The van der Waals surface area contributed by atoms with Gasteiger partial charge in [-0.15, -0.1) is 0 Å². The number of nitrogens with zero attached hydrogens (tertiary/aromatic N) is 2. The van der Waals surface area contributed by atoms with Crippen molar-refractivity contribution in [1.29, 1.82) is 0 Å². The van der Waals surface area contributed by atoms with Gasteiger partial charge < -0.3 is 0 Å². The topological polar surface area (TPSA) is 8.81 Å². The maximum Gasteiger partial charge on any atom is 0.296 e. The van der Waals surface area contributed by atoms with Crippen molar-refractivity contribution >= 4 is 0 Å². The second kappa shape index (κ2) is 7.85. The summed E-state index contributed by atoms with van der Waals surface area (Å²) >= 11 is 0. The first kappa shape index (κ1) is 19.5. The Labute approximate surface area is 203 Å². The number of aryl methyl sites for hydroxylation is 3. The Morgan fingerprint density at radius 2 is 1.29 bits per heavy atom. The Bertz CT molecular complexity index is 1580. The third-order valence-electron chi connectivity index (χ3n) is 7.09. The maximum atomic E-state index is 10.2. The summed E-state index contributed by atoms with van der Waals surface area (Å²) in [6.07, 6.45) is 0. The van der Waals surface area contributed by atoms with E-state index in [1.807, 2.05) is 18.2 Å². The molecule has 0 saturated carbocycles. The molecule has 2 nitrogen and oxygen atoms in total. The predicted molar refractivity (Wildman–Crippen MR) is 139 cm³/mol. The molecule has 0 spiro atoms. The quantitative estimate of drug-likeness (QED) is 0.260. The molecule has 5 aromatic rings. The minimum Gasteiger partial charge on any atom is -0.211 e. The minimum atomic E-state index is -1.09. The lowest BCUT2D eigenvalue weighted by Crippen LogP contribution is -2.40. The molecule has 0 N–H and O–H groups in total. The molecule has 0 amide bonds. The van der Waals surface area contributed by atoms with Crippen LogP contribution in [0.5, 0.6) is 0 Å². The monoisotopic (exact) mass is 442 g/mol. The average molecular weight is 443 g/mol. The molecule has 2 heteroatoms. The van der Waals surface area contributed by atoms with Crippen LogP contribution in [0.3, 0.4) is 0 Å². The van der Waals surface area contributed by atoms with Crippen LogP contribution in [0.25, 0.3) is 28.3 Å². The zero-order chi connectivity index (χ0) is 24.3. The largest absolute Gasteiger partial charge is 0.296 e. The summed E-state index contributed by atoms with van der Waals surface area (Å²) in [6.45, 7) is 8.72. The average Bonchev–Trinajstić information content (AvgIpc) is 3.31. The SMILES string of the molecule is [2H]C1(c2ccccc2)c2ccccc2-c2c(C)n(-c3ccccc3C)c(-c3c(C)cccc3C)[n+]21. The minimum absolute atomic E-state index is 0.964. The Morgan fingerprint density at radius 3 is 2.03 bits per heavy atom. The lowest BCUT2D eigenvalue weighted by Gasteiger charge is -2.17. The standard InChI is InChI=1S/C32H29N2/c1-21-13-8-11-20-28(21)33-24(4)30-26-18-9-10-19-27(26)31(25-16-6-5-7-17-25)34(30)32(33)29-22(2)14-12-15-23(29)3/h5-20,31H,1-4H3/q+1/i31D. The number of aromatic nitrogens is 2. The second-order valence-electron chi connectivity index (χ2n) is 9.24. The number of hydrogen-bond donors (Lipinski definition) is 0. The van der Waals surface area contributed by atoms with Crippen molar-refractivity contribution < 1.29 is 5.94 Å². The third-order valence-corrected chi connectivity index (χ3v) is 7.09. The van der Waals surface area contributed by atoms with Gasteiger partial charge in [0.2, 0.25) is 0 Å². The number of imidazole rings is 1. The highest BCUT2D eigenvalue weighted by Gasteiger charge is 2.44. The molecular formula is C32H29N2+. The van der Waals surface area contributed by atoms with E-state index >= 15 is 0 Å². The third kappa shape index (κ3) is 2.92. The van der Waals surface area contributed by atoms with Crippen molar-refractivity contribution in [3.8, 4) is 28.3 Å². The molecule has 1 aliphatic rings. The molecule has 0 radical (unpaired) electrons. The summed E-state index contributed by atoms with van der Waals surface area (Å²) in [5.41, 5.74) is 11.3. The van der Waals surface area contributed by atoms with Crippen molar-refractivity contribution in [2.24, 2.45) is 0 Å². The summed E-state index contributed by atoms with van der Waals surface area (Å²) in [5, 5.41) is 0. The number of rotatable bonds is 3. The van der Waals surface area contributed by atoms with Gasteiger partial charge in [0, 0.05) is 23.6 Å². The predicted octanol–water partition coefficient (Wildman–Crippen LogP) is 7.28. The van der Waals surface area contributed by atoms with Crippen LogP contribution in [0.4, 0.5) is 0 Å². The van der Waals surface area contributed by atoms with E-state index in [1.54, 1.807) is 0 Å². The summed E-state index contributed by atoms with van der Waals surface area (Å²) in [7, 11) is 0. The molecule has 0 bridgehead atoms. The van der Waals surface area contributed by atoms with E-state index in [0.29, 0.717) is 0 Å². The van der Waals surface area contributed by atoms with Crippen LogP contribution in [0.2, 0.25) is 0 Å². The first-order valence-electron chi connectivity index (χ1n) is 12.4. The van der Waals surface area contributed by atoms with Crippen molar-refractivity contribution in [2.75, 3.05) is 0 Å². The molecule has 34 heavy (non-hydrogen) atoms. The van der Waals surface area contributed by atoms with E-state index in [1.165, 1.54) is 22.3 Å². The molecular weight excluding hydrogens is 412 g/mol. The summed E-state index contributed by atoms with van der Waals surface area (Å²) in [4.78, 5) is 0. The van der Waals surface area contributed by atoms with E-state index in [4.69, 9.17) is 0 Å². The van der Waals surface area contributed by atoms with Gasteiger partial charge in [0.1, 0.15) is 5.69 Å². The maximum absolute atomic E-state index is 10.2. The molecule has 2 heterocycles. The zero-order valence-electron chi connectivity index (χ0n) is 21.1. The normalized spacial score (nSPS) is 16.8. The molecule has 1 aliphatic heterocycles. The van der Waals surface area contributed by atoms with Crippen molar-refractivity contribution in [3.63, 3.8) is 0 Å². The fourth-order valence-electron chi connectivity index (χ4n) is 5.56. The molecule has 0 saturated heterocycles. The molecule has 0 fully saturated rings. The van der Waals surface area contributed by atoms with Gasteiger partial charge in [-0.2, -0.15) is 4.57 Å². The molecule has 0 aliphatic carbocycles. The highest BCUT2D eigenvalue weighted by atomic mass is 15.2. The van der Waals surface area contributed by atoms with Gasteiger partial charge in [0.15, 0.2) is 17.4 Å². The second-order valence-corrected chi connectivity index (χ2v) is 9.24. The van der Waals surface area contributed by atoms with Gasteiger partial charge in [0.05, 0.1) is 6.93 Å². The van der Waals surface area contributed by atoms with Gasteiger partial charge in [0.25, 0.3) is 5.82 Å². The van der Waals surface area contributed by atoms with E-state index in [2.05, 4.69) is 116 Å². The zero-order valence-corrected chi connectivity index (χ0v) is 20.1. The molecule has 6 rings (SSSR count). The van der Waals surface area contributed by atoms with Gasteiger partial charge in [-0.3, -0.25) is 0 Å². The molecule has 1 atom stereocenters. The Morgan fingerprint density at radius 1 is 0.676 bits per heavy atom. The van der Waals surface area contributed by atoms with E-state index < -0.39 is 6.02 Å². The van der Waals surface area contributed by atoms with Gasteiger partial charge in [-0.1, -0.05) is 91.0 Å². The highest BCUT2D eigenvalue weighted by Crippen LogP contribution is 2.44. The van der Waals surface area contributed by atoms with Crippen LogP contribution in [0.15, 0.2) is 97.1 Å². The van der Waals surface area contributed by atoms with Crippen molar-refractivity contribution in [2.45, 2.75) is 33.7 Å². The molecule has 166 valence electrons. The van der Waals surface area contributed by atoms with Crippen LogP contribution in [-0.4, -0.2) is 4.57 Å². The first-order chi connectivity index (χ1) is 16.9. The van der Waals surface area contributed by atoms with E-state index in [0.717, 1.165) is 39.6 Å². The highest BCUT2D eigenvalue weighted by molar-refractivity contribution is 5.74. The van der Waals surface area contributed by atoms with Crippen molar-refractivity contribution in [1.82, 2.24) is 4.57 Å². The summed E-state index contributed by atoms with van der Waals surface area (Å²) in [5.74, 6) is 1.05. The van der Waals surface area contributed by atoms with Gasteiger partial charge >= 0.3 is 0 Å². The van der Waals surface area contributed by atoms with Gasteiger partial charge in [-0.05, 0) is 43.5 Å². The van der Waals surface area contributed by atoms with Crippen LogP contribution >= 0.6 is 0 Å². The Kier molecular flexibility index (Phi) is 4.51. The summed E-state index contributed by atoms with van der Waals surface area (Å²) < 4.78 is 14.9. The van der Waals surface area contributed by atoms with E-state index in [-0.39, 0.29) is 0 Å². The molecule has 1 aromatic heterocycles. The lowest BCUT2D eigenvalue weighted by molar-refractivity contribution is -0.677. The molecule has 1 unspecified atom stereocenters. The number of fused-ring (bicyclic) bond motifs is 3. The summed E-state index contributed by atoms with van der Waals surface area (Å²) in [6, 6.07) is 32.6. The fraction of sp³-hybridized carbons (Fsp3) is 0.156. The number of hydrogen-bond acceptors (Lipinski definition) is 0. The fourth-order valence-corrected chi connectivity index (χ4v) is 5.56. The smallest absolute Gasteiger partial charge is 0.211 e. The van der Waals surface area contributed by atoms with Crippen LogP contribution in [-0.2, 0) is 0 Å². The van der Waals surface area contributed by atoms with E-state index in [9.17, 15) is 1.37 Å². The Hall–Kier alpha value is -3.91. The van der Waals surface area contributed by atoms with Crippen LogP contribution in [0.1, 0.15) is 40.9 Å². The molecule has 4 aromatic carbocycles.